The van der Waals surface area contributed by atoms with Crippen molar-refractivity contribution in [2.75, 3.05) is 36.4 Å². The summed E-state index contributed by atoms with van der Waals surface area (Å²) in [5.74, 6) is 3.68. The third kappa shape index (κ3) is 7.59. The van der Waals surface area contributed by atoms with Gasteiger partial charge in [0.25, 0.3) is 0 Å². The van der Waals surface area contributed by atoms with E-state index in [9.17, 15) is 9.59 Å². The van der Waals surface area contributed by atoms with Crippen molar-refractivity contribution in [1.29, 1.82) is 0 Å². The number of ether oxygens (including phenoxy) is 2. The summed E-state index contributed by atoms with van der Waals surface area (Å²) in [6.07, 6.45) is 12.8. The summed E-state index contributed by atoms with van der Waals surface area (Å²) >= 11 is 11.9. The molecule has 0 spiro atoms. The third-order valence-electron chi connectivity index (χ3n) is 14.4. The second-order valence-electron chi connectivity index (χ2n) is 17.5. The molecule has 6 nitrogen and oxygen atoms in total. The molecule has 0 saturated heterocycles. The average Bonchev–Trinajstić information content (AvgIpc) is 3.30. The number of carbonyl (C=O) groups is 2. The summed E-state index contributed by atoms with van der Waals surface area (Å²) in [5.41, 5.74) is 2.23. The van der Waals surface area contributed by atoms with Crippen LogP contribution in [0.25, 0.3) is 0 Å². The van der Waals surface area contributed by atoms with Crippen molar-refractivity contribution < 1.29 is 19.1 Å². The molecule has 0 aromatic heterocycles. The van der Waals surface area contributed by atoms with E-state index in [-0.39, 0.29) is 58.7 Å². The van der Waals surface area contributed by atoms with Gasteiger partial charge in [0.2, 0.25) is 5.91 Å². The van der Waals surface area contributed by atoms with E-state index in [0.29, 0.717) is 35.8 Å². The van der Waals surface area contributed by atoms with Crippen LogP contribution in [-0.4, -0.2) is 55.5 Å². The van der Waals surface area contributed by atoms with Gasteiger partial charge in [0, 0.05) is 49.1 Å². The lowest BCUT2D eigenvalue weighted by molar-refractivity contribution is -0.156. The Balaban J connectivity index is 1.20. The zero-order chi connectivity index (χ0) is 36.3. The maximum Gasteiger partial charge on any atom is 0.309 e. The molecular weight excluding hydrogens is 667 g/mol. The number of anilines is 1. The number of alkyl halides is 2. The highest BCUT2D eigenvalue weighted by Gasteiger charge is 2.69. The van der Waals surface area contributed by atoms with E-state index in [1.807, 2.05) is 30.3 Å². The first kappa shape index (κ1) is 39.3. The van der Waals surface area contributed by atoms with E-state index >= 15 is 0 Å². The van der Waals surface area contributed by atoms with E-state index in [1.54, 1.807) is 0 Å². The Morgan fingerprint density at radius 3 is 2.26 bits per heavy atom. The van der Waals surface area contributed by atoms with E-state index in [4.69, 9.17) is 32.7 Å². The highest BCUT2D eigenvalue weighted by molar-refractivity contribution is 6.18. The smallest absolute Gasteiger partial charge is 0.309 e. The minimum atomic E-state index is -0.256. The molecular formula is C42H64Cl2N2O4. The Bertz CT molecular complexity index is 1360. The number of halogens is 2. The zero-order valence-corrected chi connectivity index (χ0v) is 33.4. The third-order valence-corrected chi connectivity index (χ3v) is 14.8. The molecule has 1 amide bonds. The Kier molecular flexibility index (Phi) is 12.6. The van der Waals surface area contributed by atoms with Gasteiger partial charge in [-0.2, -0.15) is 0 Å². The minimum Gasteiger partial charge on any atom is -0.493 e. The van der Waals surface area contributed by atoms with Crippen LogP contribution in [0.5, 0.6) is 5.75 Å². The summed E-state index contributed by atoms with van der Waals surface area (Å²) in [7, 11) is 0. The molecule has 3 fully saturated rings. The van der Waals surface area contributed by atoms with Crippen LogP contribution in [-0.2, 0) is 14.3 Å². The molecule has 0 bridgehead atoms. The fraction of sp³-hybridized carbons (Fsp3) is 0.762. The minimum absolute atomic E-state index is 0.0266. The van der Waals surface area contributed by atoms with Crippen molar-refractivity contribution in [1.82, 2.24) is 5.32 Å². The highest BCUT2D eigenvalue weighted by atomic mass is 35.5. The summed E-state index contributed by atoms with van der Waals surface area (Å²) in [4.78, 5) is 28.9. The Hall–Kier alpha value is -1.92. The largest absolute Gasteiger partial charge is 0.493 e. The predicted molar refractivity (Wildman–Crippen MR) is 206 cm³/mol. The first-order valence-corrected chi connectivity index (χ1v) is 20.6. The number of benzene rings is 1. The standard InChI is InChI=1S/C42H64Cl2N2O4/c1-29(2)9-8-10-30(3)35-16-19-41(6)38-42(7,21-20-40(35,41)5)39(4)18-15-34(27-31(39)28-36(47)45-38)50-37(48)17-26-49-33-13-11-32(12-14-33)46(24-22-43)25-23-44/h11-14,28-30,34-35,38H,8-10,15-27H2,1-7H3,(H,45,47)/t30?,34-,35+,38-,39-,40+,41-,42-/m0/s1. The molecule has 1 aliphatic heterocycles. The number of fused-ring (bicyclic) bond motifs is 5. The van der Waals surface area contributed by atoms with Crippen molar-refractivity contribution in [3.05, 3.63) is 35.9 Å². The highest BCUT2D eigenvalue weighted by Crippen LogP contribution is 2.72. The average molecular weight is 732 g/mol. The second kappa shape index (κ2) is 16.0. The van der Waals surface area contributed by atoms with Gasteiger partial charge in [-0.1, -0.05) is 73.3 Å². The molecule has 50 heavy (non-hydrogen) atoms. The van der Waals surface area contributed by atoms with Crippen LogP contribution in [0.15, 0.2) is 35.9 Å². The van der Waals surface area contributed by atoms with Gasteiger partial charge in [-0.15, -0.1) is 23.2 Å². The van der Waals surface area contributed by atoms with Gasteiger partial charge < -0.3 is 19.7 Å². The topological polar surface area (TPSA) is 67.9 Å². The molecule has 4 aliphatic rings. The molecule has 1 aromatic rings. The SMILES string of the molecule is CC(C)CCCC(C)[C@H]1CC[C@@]2(C)[C@@H]3NC(=O)C=C4C[C@@H](OC(=O)CCOc5ccc(N(CCCl)CCCl)cc5)CC[C@]4(C)[C@@]3(C)CC[C@]12C. The van der Waals surface area contributed by atoms with Gasteiger partial charge in [-0.25, -0.2) is 0 Å². The van der Waals surface area contributed by atoms with Crippen LogP contribution < -0.4 is 15.0 Å². The quantitative estimate of drug-likeness (QED) is 0.144. The predicted octanol–water partition coefficient (Wildman–Crippen LogP) is 9.95. The summed E-state index contributed by atoms with van der Waals surface area (Å²) in [6.45, 7) is 18.8. The van der Waals surface area contributed by atoms with Gasteiger partial charge in [-0.3, -0.25) is 9.59 Å². The van der Waals surface area contributed by atoms with Crippen molar-refractivity contribution in [3.63, 3.8) is 0 Å². The van der Waals surface area contributed by atoms with E-state index in [2.05, 4.69) is 58.7 Å². The molecule has 1 heterocycles. The second-order valence-corrected chi connectivity index (χ2v) is 18.2. The fourth-order valence-electron chi connectivity index (χ4n) is 11.0. The molecule has 280 valence electrons. The number of esters is 1. The molecule has 0 radical (unpaired) electrons. The zero-order valence-electron chi connectivity index (χ0n) is 31.9. The number of hydrogen-bond donors (Lipinski definition) is 1. The molecule has 1 N–H and O–H groups in total. The number of nitrogens with zero attached hydrogens (tertiary/aromatic N) is 1. The van der Waals surface area contributed by atoms with Gasteiger partial charge >= 0.3 is 5.97 Å². The fourth-order valence-corrected chi connectivity index (χ4v) is 11.4. The number of hydrogen-bond acceptors (Lipinski definition) is 5. The van der Waals surface area contributed by atoms with Gasteiger partial charge in [0.1, 0.15) is 11.9 Å². The van der Waals surface area contributed by atoms with Crippen LogP contribution in [0.3, 0.4) is 0 Å². The van der Waals surface area contributed by atoms with Crippen molar-refractivity contribution in [3.8, 4) is 5.75 Å². The summed E-state index contributed by atoms with van der Waals surface area (Å²) in [5, 5.41) is 3.62. The lowest BCUT2D eigenvalue weighted by atomic mass is 9.41. The molecule has 8 heteroatoms. The first-order valence-electron chi connectivity index (χ1n) is 19.5. The van der Waals surface area contributed by atoms with Gasteiger partial charge in [0.15, 0.2) is 0 Å². The summed E-state index contributed by atoms with van der Waals surface area (Å²) in [6, 6.07) is 7.90. The van der Waals surface area contributed by atoms with Gasteiger partial charge in [-0.05, 0) is 102 Å². The van der Waals surface area contributed by atoms with Crippen LogP contribution >= 0.6 is 23.2 Å². The number of rotatable bonds is 15. The van der Waals surface area contributed by atoms with Crippen LogP contribution in [0.2, 0.25) is 0 Å². The van der Waals surface area contributed by atoms with E-state index < -0.39 is 0 Å². The van der Waals surface area contributed by atoms with Crippen LogP contribution in [0.1, 0.15) is 119 Å². The Morgan fingerprint density at radius 1 is 0.920 bits per heavy atom. The van der Waals surface area contributed by atoms with Crippen LogP contribution in [0, 0.1) is 39.4 Å². The molecule has 1 unspecified atom stereocenters. The monoisotopic (exact) mass is 730 g/mol. The number of carbonyl (C=O) groups excluding carboxylic acids is 2. The van der Waals surface area contributed by atoms with E-state index in [0.717, 1.165) is 49.5 Å². The maximum atomic E-state index is 13.7. The Labute approximate surface area is 312 Å². The van der Waals surface area contributed by atoms with Crippen LogP contribution in [0.4, 0.5) is 5.69 Å². The summed E-state index contributed by atoms with van der Waals surface area (Å²) < 4.78 is 11.9. The lowest BCUT2D eigenvalue weighted by Gasteiger charge is -2.65. The first-order chi connectivity index (χ1) is 23.7. The number of amides is 1. The van der Waals surface area contributed by atoms with Crippen molar-refractivity contribution in [2.45, 2.75) is 131 Å². The maximum absolute atomic E-state index is 13.7. The van der Waals surface area contributed by atoms with Gasteiger partial charge in [0.05, 0.1) is 13.0 Å². The number of nitrogens with one attached hydrogen (secondary N) is 1. The Morgan fingerprint density at radius 2 is 1.60 bits per heavy atom. The van der Waals surface area contributed by atoms with Crippen molar-refractivity contribution >= 4 is 40.8 Å². The van der Waals surface area contributed by atoms with Crippen molar-refractivity contribution in [2.24, 2.45) is 39.4 Å². The molecule has 3 aliphatic carbocycles. The normalized spacial score (nSPS) is 34.1. The molecule has 8 atom stereocenters. The lowest BCUT2D eigenvalue weighted by Crippen LogP contribution is -2.66. The molecule has 5 rings (SSSR count). The van der Waals surface area contributed by atoms with E-state index in [1.165, 1.54) is 38.5 Å². The molecule has 3 saturated carbocycles. The molecule has 1 aromatic carbocycles.